The fraction of sp³-hybridized carbons (Fsp3) is 0.625. The lowest BCUT2D eigenvalue weighted by atomic mass is 10.2. The number of carbonyl (C=O) groups excluding carboxylic acids is 1. The van der Waals surface area contributed by atoms with E-state index in [0.29, 0.717) is 6.42 Å². The van der Waals surface area contributed by atoms with Crippen molar-refractivity contribution < 1.29 is 14.3 Å². The number of hydrogen-bond acceptors (Lipinski definition) is 3. The second kappa shape index (κ2) is 5.60. The molecule has 0 aliphatic heterocycles. The topological polar surface area (TPSA) is 35.5 Å². The van der Waals surface area contributed by atoms with Crippen LogP contribution in [0.15, 0.2) is 0 Å². The van der Waals surface area contributed by atoms with Crippen molar-refractivity contribution in [1.29, 1.82) is 0 Å². The molecule has 3 nitrogen and oxygen atoms in total. The molecule has 0 fully saturated rings. The van der Waals surface area contributed by atoms with Crippen molar-refractivity contribution in [2.45, 2.75) is 25.9 Å². The molecule has 11 heavy (non-hydrogen) atoms. The van der Waals surface area contributed by atoms with Gasteiger partial charge in [0, 0.05) is 0 Å². The Morgan fingerprint density at radius 1 is 1.73 bits per heavy atom. The quantitative estimate of drug-likeness (QED) is 0.459. The molecule has 0 N–H and O–H groups in total. The fourth-order valence-corrected chi connectivity index (χ4v) is 0.603. The van der Waals surface area contributed by atoms with Gasteiger partial charge in [0.25, 0.3) is 0 Å². The van der Waals surface area contributed by atoms with Crippen LogP contribution in [0, 0.1) is 12.3 Å². The molecule has 1 unspecified atom stereocenters. The van der Waals surface area contributed by atoms with E-state index in [2.05, 4.69) is 10.7 Å². The third kappa shape index (κ3) is 4.26. The maximum atomic E-state index is 10.5. The van der Waals surface area contributed by atoms with Gasteiger partial charge in [0.1, 0.15) is 0 Å². The van der Waals surface area contributed by atoms with E-state index in [4.69, 9.17) is 11.2 Å². The summed E-state index contributed by atoms with van der Waals surface area (Å²) in [6, 6.07) is 0. The van der Waals surface area contributed by atoms with Crippen LogP contribution in [-0.4, -0.2) is 19.4 Å². The Kier molecular flexibility index (Phi) is 5.01. The molecule has 0 aliphatic rings. The lowest BCUT2D eigenvalue weighted by Crippen LogP contribution is -2.15. The van der Waals surface area contributed by atoms with Crippen LogP contribution in [-0.2, 0) is 9.47 Å². The van der Waals surface area contributed by atoms with Gasteiger partial charge < -0.3 is 9.47 Å². The van der Waals surface area contributed by atoms with Crippen LogP contribution in [0.1, 0.15) is 19.8 Å². The van der Waals surface area contributed by atoms with Gasteiger partial charge in [-0.3, -0.25) is 0 Å². The Labute approximate surface area is 66.7 Å². The second-order valence-electron chi connectivity index (χ2n) is 2.02. The third-order valence-electron chi connectivity index (χ3n) is 1.14. The largest absolute Gasteiger partial charge is 0.509 e. The van der Waals surface area contributed by atoms with Gasteiger partial charge in [0.05, 0.1) is 7.11 Å². The summed E-state index contributed by atoms with van der Waals surface area (Å²) in [5.41, 5.74) is 0. The normalized spacial score (nSPS) is 11.4. The minimum absolute atomic E-state index is 0.451. The first-order valence-corrected chi connectivity index (χ1v) is 3.45. The summed E-state index contributed by atoms with van der Waals surface area (Å²) < 4.78 is 8.96. The molecular formula is C8H12O3. The Bertz CT molecular complexity index is 157. The second-order valence-corrected chi connectivity index (χ2v) is 2.02. The van der Waals surface area contributed by atoms with Crippen molar-refractivity contribution in [3.63, 3.8) is 0 Å². The van der Waals surface area contributed by atoms with Crippen molar-refractivity contribution in [3.05, 3.63) is 0 Å². The number of methoxy groups -OCH3 is 1. The van der Waals surface area contributed by atoms with Crippen LogP contribution in [0.25, 0.3) is 0 Å². The van der Waals surface area contributed by atoms with Gasteiger partial charge in [0.2, 0.25) is 0 Å². The number of rotatable bonds is 3. The van der Waals surface area contributed by atoms with E-state index in [9.17, 15) is 4.79 Å². The zero-order chi connectivity index (χ0) is 8.69. The highest BCUT2D eigenvalue weighted by atomic mass is 16.7. The highest BCUT2D eigenvalue weighted by Gasteiger charge is 2.09. The lowest BCUT2D eigenvalue weighted by Gasteiger charge is -2.08. The smallest absolute Gasteiger partial charge is 0.438 e. The molecule has 0 aromatic rings. The maximum absolute atomic E-state index is 10.5. The van der Waals surface area contributed by atoms with E-state index < -0.39 is 12.3 Å². The van der Waals surface area contributed by atoms with Crippen LogP contribution >= 0.6 is 0 Å². The van der Waals surface area contributed by atoms with Gasteiger partial charge in [-0.15, -0.1) is 6.42 Å². The highest BCUT2D eigenvalue weighted by Crippen LogP contribution is 2.01. The molecule has 0 heterocycles. The zero-order valence-corrected chi connectivity index (χ0v) is 6.79. The maximum Gasteiger partial charge on any atom is 0.509 e. The number of carbonyl (C=O) groups is 1. The summed E-state index contributed by atoms with van der Waals surface area (Å²) in [5.74, 6) is 2.35. The van der Waals surface area contributed by atoms with E-state index in [1.165, 1.54) is 7.11 Å². The average molecular weight is 156 g/mol. The first-order valence-electron chi connectivity index (χ1n) is 3.45. The SMILES string of the molecule is C#CC(CCC)OC(=O)OC. The first-order chi connectivity index (χ1) is 5.24. The van der Waals surface area contributed by atoms with Crippen molar-refractivity contribution >= 4 is 6.16 Å². The molecule has 0 saturated carbocycles. The molecule has 0 radical (unpaired) electrons. The van der Waals surface area contributed by atoms with Gasteiger partial charge in [-0.25, -0.2) is 4.79 Å². The first kappa shape index (κ1) is 9.83. The Morgan fingerprint density at radius 3 is 2.73 bits per heavy atom. The monoisotopic (exact) mass is 156 g/mol. The van der Waals surface area contributed by atoms with Crippen LogP contribution in [0.3, 0.4) is 0 Å². The predicted octanol–water partition coefficient (Wildman–Crippen LogP) is 1.57. The van der Waals surface area contributed by atoms with Crippen molar-refractivity contribution in [3.8, 4) is 12.3 Å². The van der Waals surface area contributed by atoms with Crippen LogP contribution in [0.5, 0.6) is 0 Å². The number of hydrogen-bond donors (Lipinski definition) is 0. The summed E-state index contributed by atoms with van der Waals surface area (Å²) in [5, 5.41) is 0. The predicted molar refractivity (Wildman–Crippen MR) is 41.0 cm³/mol. The molecule has 0 saturated heterocycles. The average Bonchev–Trinajstić information content (AvgIpc) is 2.03. The minimum atomic E-state index is -0.721. The van der Waals surface area contributed by atoms with Gasteiger partial charge in [-0.05, 0) is 6.42 Å². The van der Waals surface area contributed by atoms with Gasteiger partial charge in [-0.2, -0.15) is 0 Å². The van der Waals surface area contributed by atoms with E-state index in [0.717, 1.165) is 6.42 Å². The number of terminal acetylenes is 1. The minimum Gasteiger partial charge on any atom is -0.438 e. The van der Waals surface area contributed by atoms with Crippen molar-refractivity contribution in [1.82, 2.24) is 0 Å². The van der Waals surface area contributed by atoms with Crippen LogP contribution < -0.4 is 0 Å². The van der Waals surface area contributed by atoms with Gasteiger partial charge in [-0.1, -0.05) is 19.3 Å². The summed E-state index contributed by atoms with van der Waals surface area (Å²) >= 11 is 0. The fourth-order valence-electron chi connectivity index (χ4n) is 0.603. The van der Waals surface area contributed by atoms with Crippen LogP contribution in [0.4, 0.5) is 4.79 Å². The van der Waals surface area contributed by atoms with Crippen molar-refractivity contribution in [2.24, 2.45) is 0 Å². The number of ether oxygens (including phenoxy) is 2. The molecule has 0 aromatic heterocycles. The summed E-state index contributed by atoms with van der Waals surface area (Å²) in [7, 11) is 1.25. The molecule has 0 rings (SSSR count). The van der Waals surface area contributed by atoms with E-state index in [1.807, 2.05) is 6.92 Å². The Hall–Kier alpha value is -1.17. The van der Waals surface area contributed by atoms with Gasteiger partial charge >= 0.3 is 6.16 Å². The van der Waals surface area contributed by atoms with E-state index >= 15 is 0 Å². The Morgan fingerprint density at radius 2 is 2.36 bits per heavy atom. The molecule has 0 aliphatic carbocycles. The van der Waals surface area contributed by atoms with Gasteiger partial charge in [0.15, 0.2) is 6.10 Å². The van der Waals surface area contributed by atoms with Crippen LogP contribution in [0.2, 0.25) is 0 Å². The summed E-state index contributed by atoms with van der Waals surface area (Å²) in [6.45, 7) is 1.96. The third-order valence-corrected chi connectivity index (χ3v) is 1.14. The molecule has 3 heteroatoms. The Balaban J connectivity index is 3.70. The lowest BCUT2D eigenvalue weighted by molar-refractivity contribution is 0.0527. The molecule has 0 spiro atoms. The molecular weight excluding hydrogens is 144 g/mol. The molecule has 0 aromatic carbocycles. The van der Waals surface area contributed by atoms with E-state index in [-0.39, 0.29) is 0 Å². The standard InChI is InChI=1S/C8H12O3/c1-4-6-7(5-2)11-8(9)10-3/h2,7H,4,6H2,1,3H3. The molecule has 0 amide bonds. The molecule has 1 atom stereocenters. The summed E-state index contributed by atoms with van der Waals surface area (Å²) in [4.78, 5) is 10.5. The van der Waals surface area contributed by atoms with Crippen molar-refractivity contribution in [2.75, 3.05) is 7.11 Å². The molecule has 62 valence electrons. The molecule has 0 bridgehead atoms. The van der Waals surface area contributed by atoms with E-state index in [1.54, 1.807) is 0 Å². The summed E-state index contributed by atoms with van der Waals surface area (Å²) in [6.07, 6.45) is 5.46. The zero-order valence-electron chi connectivity index (χ0n) is 6.79. The highest BCUT2D eigenvalue weighted by molar-refractivity contribution is 5.60.